The molecule has 1 amide bonds. The van der Waals surface area contributed by atoms with Crippen LogP contribution in [0.5, 0.6) is 0 Å². The first kappa shape index (κ1) is 11.5. The molecule has 1 aromatic heterocycles. The van der Waals surface area contributed by atoms with Crippen LogP contribution >= 0.6 is 11.3 Å². The van der Waals surface area contributed by atoms with Crippen molar-refractivity contribution in [2.45, 2.75) is 38.5 Å². The number of nitrogens with one attached hydrogen (secondary N) is 1. The molecule has 1 atom stereocenters. The molecule has 1 aliphatic rings. The van der Waals surface area contributed by atoms with E-state index in [2.05, 4.69) is 12.2 Å². The fourth-order valence-corrected chi connectivity index (χ4v) is 3.74. The van der Waals surface area contributed by atoms with Gasteiger partial charge in [0.05, 0.1) is 10.6 Å². The molecule has 2 rings (SSSR count). The molecule has 1 aliphatic carbocycles. The SMILES string of the molecule is CCC1CCCc2sc(N)c(C(=O)NC)c21. The fourth-order valence-electron chi connectivity index (χ4n) is 2.55. The lowest BCUT2D eigenvalue weighted by Gasteiger charge is -2.22. The van der Waals surface area contributed by atoms with E-state index in [0.717, 1.165) is 18.4 Å². The Balaban J connectivity index is 2.52. The second-order valence-electron chi connectivity index (χ2n) is 4.25. The van der Waals surface area contributed by atoms with Gasteiger partial charge in [-0.1, -0.05) is 6.92 Å². The zero-order chi connectivity index (χ0) is 11.7. The first-order valence-corrected chi connectivity index (χ1v) is 6.63. The third kappa shape index (κ3) is 1.71. The summed E-state index contributed by atoms with van der Waals surface area (Å²) >= 11 is 1.60. The molecule has 0 radical (unpaired) electrons. The smallest absolute Gasteiger partial charge is 0.254 e. The summed E-state index contributed by atoms with van der Waals surface area (Å²) in [5.41, 5.74) is 7.95. The summed E-state index contributed by atoms with van der Waals surface area (Å²) in [6.07, 6.45) is 4.58. The number of nitrogens with two attached hydrogens (primary N) is 1. The highest BCUT2D eigenvalue weighted by atomic mass is 32.1. The van der Waals surface area contributed by atoms with Gasteiger partial charge in [0.1, 0.15) is 0 Å². The standard InChI is InChI=1S/C12H18N2OS/c1-3-7-5-4-6-8-9(7)10(11(13)16-8)12(15)14-2/h7H,3-6,13H2,1-2H3,(H,14,15). The number of anilines is 1. The van der Waals surface area contributed by atoms with Crippen LogP contribution in [0.2, 0.25) is 0 Å². The van der Waals surface area contributed by atoms with Crippen molar-refractivity contribution in [3.8, 4) is 0 Å². The molecule has 3 N–H and O–H groups in total. The summed E-state index contributed by atoms with van der Waals surface area (Å²) in [6, 6.07) is 0. The normalized spacial score (nSPS) is 19.2. The van der Waals surface area contributed by atoms with Crippen molar-refractivity contribution in [2.75, 3.05) is 12.8 Å². The van der Waals surface area contributed by atoms with Gasteiger partial charge >= 0.3 is 0 Å². The van der Waals surface area contributed by atoms with Crippen molar-refractivity contribution >= 4 is 22.2 Å². The Bertz CT molecular complexity index is 411. The third-order valence-electron chi connectivity index (χ3n) is 3.36. The highest BCUT2D eigenvalue weighted by Gasteiger charge is 2.28. The van der Waals surface area contributed by atoms with Crippen molar-refractivity contribution in [2.24, 2.45) is 0 Å². The van der Waals surface area contributed by atoms with Crippen LogP contribution in [0.25, 0.3) is 0 Å². The van der Waals surface area contributed by atoms with E-state index in [1.807, 2.05) is 0 Å². The number of nitrogen functional groups attached to an aromatic ring is 1. The molecule has 1 heterocycles. The first-order valence-electron chi connectivity index (χ1n) is 5.82. The van der Waals surface area contributed by atoms with E-state index in [-0.39, 0.29) is 5.91 Å². The summed E-state index contributed by atoms with van der Waals surface area (Å²) in [7, 11) is 1.66. The average Bonchev–Trinajstić information content (AvgIpc) is 2.63. The van der Waals surface area contributed by atoms with Gasteiger partial charge in [-0.3, -0.25) is 4.79 Å². The molecule has 3 nitrogen and oxygen atoms in total. The number of amides is 1. The molecule has 1 aromatic rings. The molecular weight excluding hydrogens is 220 g/mol. The van der Waals surface area contributed by atoms with Crippen LogP contribution in [-0.2, 0) is 6.42 Å². The molecule has 88 valence electrons. The number of hydrogen-bond donors (Lipinski definition) is 2. The molecule has 0 aromatic carbocycles. The van der Waals surface area contributed by atoms with E-state index >= 15 is 0 Å². The molecule has 16 heavy (non-hydrogen) atoms. The second kappa shape index (κ2) is 4.45. The van der Waals surface area contributed by atoms with E-state index in [4.69, 9.17) is 5.73 Å². The maximum Gasteiger partial charge on any atom is 0.254 e. The van der Waals surface area contributed by atoms with Gasteiger partial charge in [-0.2, -0.15) is 0 Å². The predicted molar refractivity (Wildman–Crippen MR) is 68.1 cm³/mol. The van der Waals surface area contributed by atoms with Crippen LogP contribution in [0, 0.1) is 0 Å². The van der Waals surface area contributed by atoms with Gasteiger partial charge in [-0.15, -0.1) is 11.3 Å². The lowest BCUT2D eigenvalue weighted by Crippen LogP contribution is -2.21. The molecule has 0 saturated carbocycles. The number of carbonyl (C=O) groups is 1. The summed E-state index contributed by atoms with van der Waals surface area (Å²) in [6.45, 7) is 2.18. The van der Waals surface area contributed by atoms with Gasteiger partial charge in [0, 0.05) is 11.9 Å². The Hall–Kier alpha value is -1.03. The minimum atomic E-state index is -0.0321. The largest absolute Gasteiger partial charge is 0.390 e. The summed E-state index contributed by atoms with van der Waals surface area (Å²) in [5.74, 6) is 0.486. The highest BCUT2D eigenvalue weighted by Crippen LogP contribution is 2.43. The van der Waals surface area contributed by atoms with Gasteiger partial charge in [-0.05, 0) is 37.2 Å². The lowest BCUT2D eigenvalue weighted by atomic mass is 9.83. The number of rotatable bonds is 2. The zero-order valence-electron chi connectivity index (χ0n) is 9.80. The quantitative estimate of drug-likeness (QED) is 0.832. The summed E-state index contributed by atoms with van der Waals surface area (Å²) in [4.78, 5) is 13.2. The van der Waals surface area contributed by atoms with E-state index < -0.39 is 0 Å². The Kier molecular flexibility index (Phi) is 3.19. The van der Waals surface area contributed by atoms with Gasteiger partial charge in [-0.25, -0.2) is 0 Å². The van der Waals surface area contributed by atoms with Gasteiger partial charge in [0.25, 0.3) is 5.91 Å². The van der Waals surface area contributed by atoms with Crippen molar-refractivity contribution in [3.05, 3.63) is 16.0 Å². The summed E-state index contributed by atoms with van der Waals surface area (Å²) in [5, 5.41) is 3.38. The van der Waals surface area contributed by atoms with Crippen molar-refractivity contribution in [1.29, 1.82) is 0 Å². The van der Waals surface area contributed by atoms with Gasteiger partial charge in [0.15, 0.2) is 0 Å². The monoisotopic (exact) mass is 238 g/mol. The molecule has 0 bridgehead atoms. The Morgan fingerprint density at radius 2 is 2.38 bits per heavy atom. The number of hydrogen-bond acceptors (Lipinski definition) is 3. The van der Waals surface area contributed by atoms with Crippen LogP contribution in [-0.4, -0.2) is 13.0 Å². The lowest BCUT2D eigenvalue weighted by molar-refractivity contribution is 0.0962. The summed E-state index contributed by atoms with van der Waals surface area (Å²) < 4.78 is 0. The molecule has 0 spiro atoms. The van der Waals surface area contributed by atoms with E-state index in [9.17, 15) is 4.79 Å². The van der Waals surface area contributed by atoms with Crippen LogP contribution < -0.4 is 11.1 Å². The van der Waals surface area contributed by atoms with Crippen LogP contribution in [0.1, 0.15) is 52.9 Å². The predicted octanol–water partition coefficient (Wildman–Crippen LogP) is 2.52. The minimum absolute atomic E-state index is 0.0321. The maximum atomic E-state index is 11.8. The maximum absolute atomic E-state index is 11.8. The Morgan fingerprint density at radius 3 is 3.00 bits per heavy atom. The number of thiophene rings is 1. The molecule has 4 heteroatoms. The number of aryl methyl sites for hydroxylation is 1. The molecular formula is C12H18N2OS. The van der Waals surface area contributed by atoms with E-state index in [1.165, 1.54) is 23.3 Å². The zero-order valence-corrected chi connectivity index (χ0v) is 10.6. The van der Waals surface area contributed by atoms with Crippen molar-refractivity contribution in [3.63, 3.8) is 0 Å². The van der Waals surface area contributed by atoms with Crippen LogP contribution in [0.3, 0.4) is 0 Å². The van der Waals surface area contributed by atoms with Gasteiger partial charge in [0.2, 0.25) is 0 Å². The minimum Gasteiger partial charge on any atom is -0.390 e. The van der Waals surface area contributed by atoms with Crippen molar-refractivity contribution < 1.29 is 4.79 Å². The van der Waals surface area contributed by atoms with Gasteiger partial charge < -0.3 is 11.1 Å². The molecule has 0 saturated heterocycles. The Labute approximate surface area is 100 Å². The first-order chi connectivity index (χ1) is 7.69. The average molecular weight is 238 g/mol. The number of fused-ring (bicyclic) bond motifs is 1. The molecule has 1 unspecified atom stereocenters. The second-order valence-corrected chi connectivity index (χ2v) is 5.39. The third-order valence-corrected chi connectivity index (χ3v) is 4.46. The Morgan fingerprint density at radius 1 is 1.62 bits per heavy atom. The fraction of sp³-hybridized carbons (Fsp3) is 0.583. The van der Waals surface area contributed by atoms with E-state index in [0.29, 0.717) is 10.9 Å². The topological polar surface area (TPSA) is 55.1 Å². The number of carbonyl (C=O) groups excluding carboxylic acids is 1. The molecule has 0 fully saturated rings. The van der Waals surface area contributed by atoms with Crippen molar-refractivity contribution in [1.82, 2.24) is 5.32 Å². The molecule has 0 aliphatic heterocycles. The van der Waals surface area contributed by atoms with Crippen LogP contribution in [0.4, 0.5) is 5.00 Å². The van der Waals surface area contributed by atoms with E-state index in [1.54, 1.807) is 18.4 Å². The van der Waals surface area contributed by atoms with Crippen LogP contribution in [0.15, 0.2) is 0 Å². The highest BCUT2D eigenvalue weighted by molar-refractivity contribution is 7.16.